The number of hydrogen-bond donors (Lipinski definition) is 0. The highest BCUT2D eigenvalue weighted by Gasteiger charge is 2.69. The summed E-state index contributed by atoms with van der Waals surface area (Å²) in [5.74, 6) is -1.50. The summed E-state index contributed by atoms with van der Waals surface area (Å²) in [6.45, 7) is 5.89. The predicted molar refractivity (Wildman–Crippen MR) is 63.2 cm³/mol. The van der Waals surface area contributed by atoms with Gasteiger partial charge < -0.3 is 9.47 Å². The monoisotopic (exact) mass is 253 g/mol. The molecule has 3 atom stereocenters. The van der Waals surface area contributed by atoms with Crippen LogP contribution >= 0.6 is 0 Å². The molecule has 1 aliphatic rings. The van der Waals surface area contributed by atoms with Crippen LogP contribution in [0.5, 0.6) is 0 Å². The van der Waals surface area contributed by atoms with Crippen molar-refractivity contribution in [3.05, 3.63) is 0 Å². The van der Waals surface area contributed by atoms with E-state index in [4.69, 9.17) is 9.47 Å². The van der Waals surface area contributed by atoms with E-state index in [9.17, 15) is 14.9 Å². The minimum absolute atomic E-state index is 0.110. The van der Waals surface area contributed by atoms with Gasteiger partial charge in [-0.25, -0.2) is 0 Å². The summed E-state index contributed by atoms with van der Waals surface area (Å²) in [6.07, 6.45) is 0.649. The fourth-order valence-electron chi connectivity index (χ4n) is 2.54. The maximum atomic E-state index is 11.8. The second kappa shape index (κ2) is 5.85. The third-order valence-electron chi connectivity index (χ3n) is 3.54. The van der Waals surface area contributed by atoms with Crippen molar-refractivity contribution >= 4 is 11.9 Å². The first-order valence-corrected chi connectivity index (χ1v) is 6.30. The second-order valence-corrected chi connectivity index (χ2v) is 4.35. The van der Waals surface area contributed by atoms with Crippen molar-refractivity contribution in [2.24, 2.45) is 17.3 Å². The summed E-state index contributed by atoms with van der Waals surface area (Å²) in [5, 5.41) is 9.25. The van der Waals surface area contributed by atoms with Crippen LogP contribution in [0.2, 0.25) is 0 Å². The average molecular weight is 253 g/mol. The van der Waals surface area contributed by atoms with Gasteiger partial charge in [0, 0.05) is 5.92 Å². The Bertz CT molecular complexity index is 374. The van der Waals surface area contributed by atoms with Crippen molar-refractivity contribution in [1.29, 1.82) is 5.26 Å². The molecule has 1 rings (SSSR count). The van der Waals surface area contributed by atoms with Crippen molar-refractivity contribution in [2.45, 2.75) is 33.6 Å². The molecule has 0 radical (unpaired) electrons. The predicted octanol–water partition coefficient (Wildman–Crippen LogP) is 1.67. The molecule has 0 heterocycles. The molecule has 18 heavy (non-hydrogen) atoms. The molecule has 1 aliphatic carbocycles. The third kappa shape index (κ3) is 2.47. The fourth-order valence-corrected chi connectivity index (χ4v) is 2.54. The molecule has 0 bridgehead atoms. The number of ether oxygens (including phenoxy) is 2. The van der Waals surface area contributed by atoms with E-state index in [1.807, 2.05) is 6.92 Å². The van der Waals surface area contributed by atoms with Crippen molar-refractivity contribution in [3.63, 3.8) is 0 Å². The molecule has 0 aliphatic heterocycles. The van der Waals surface area contributed by atoms with Gasteiger partial charge in [0.15, 0.2) is 0 Å². The molecule has 0 amide bonds. The van der Waals surface area contributed by atoms with E-state index in [0.717, 1.165) is 0 Å². The summed E-state index contributed by atoms with van der Waals surface area (Å²) >= 11 is 0. The molecular formula is C13H19NO4. The Hall–Kier alpha value is -1.57. The van der Waals surface area contributed by atoms with Crippen LogP contribution in [0, 0.1) is 28.6 Å². The van der Waals surface area contributed by atoms with E-state index < -0.39 is 11.3 Å². The van der Waals surface area contributed by atoms with Crippen LogP contribution in [0.25, 0.3) is 0 Å². The molecule has 1 saturated carbocycles. The van der Waals surface area contributed by atoms with Gasteiger partial charge in [0.05, 0.1) is 37.0 Å². The normalized spacial score (nSPS) is 29.2. The zero-order valence-corrected chi connectivity index (χ0v) is 11.1. The fraction of sp³-hybridized carbons (Fsp3) is 0.769. The first-order valence-electron chi connectivity index (χ1n) is 6.30. The van der Waals surface area contributed by atoms with Crippen molar-refractivity contribution in [1.82, 2.24) is 0 Å². The highest BCUT2D eigenvalue weighted by atomic mass is 16.5. The molecule has 0 aromatic heterocycles. The van der Waals surface area contributed by atoms with Gasteiger partial charge in [-0.3, -0.25) is 9.59 Å². The number of nitrogens with zero attached hydrogens (tertiary/aromatic N) is 1. The molecule has 0 spiro atoms. The lowest BCUT2D eigenvalue weighted by Crippen LogP contribution is -2.12. The standard InChI is InChI=1S/C13H19NO4/c1-4-13(8-14)9(7-10(15)17-5-2)11(13)12(16)18-6-3/h9,11H,4-7H2,1-3H3/t9-,11+,13-/m0/s1. The maximum Gasteiger partial charge on any atom is 0.310 e. The molecular weight excluding hydrogens is 234 g/mol. The third-order valence-corrected chi connectivity index (χ3v) is 3.54. The minimum atomic E-state index is -0.751. The Morgan fingerprint density at radius 3 is 2.28 bits per heavy atom. The van der Waals surface area contributed by atoms with Gasteiger partial charge in [-0.1, -0.05) is 6.92 Å². The van der Waals surface area contributed by atoms with E-state index in [1.54, 1.807) is 13.8 Å². The van der Waals surface area contributed by atoms with Crippen LogP contribution in [0.1, 0.15) is 33.6 Å². The van der Waals surface area contributed by atoms with Gasteiger partial charge in [0.2, 0.25) is 0 Å². The molecule has 1 fully saturated rings. The summed E-state index contributed by atoms with van der Waals surface area (Å²) in [5.41, 5.74) is -0.751. The molecule has 100 valence electrons. The molecule has 5 heteroatoms. The Morgan fingerprint density at radius 1 is 1.22 bits per heavy atom. The van der Waals surface area contributed by atoms with E-state index in [2.05, 4.69) is 6.07 Å². The van der Waals surface area contributed by atoms with Crippen LogP contribution in [-0.4, -0.2) is 25.2 Å². The maximum absolute atomic E-state index is 11.8. The van der Waals surface area contributed by atoms with E-state index >= 15 is 0 Å². The van der Waals surface area contributed by atoms with Gasteiger partial charge >= 0.3 is 11.9 Å². The number of nitriles is 1. The Balaban J connectivity index is 2.74. The van der Waals surface area contributed by atoms with Gasteiger partial charge in [0.25, 0.3) is 0 Å². The van der Waals surface area contributed by atoms with E-state index in [1.165, 1.54) is 0 Å². The van der Waals surface area contributed by atoms with Gasteiger partial charge in [0.1, 0.15) is 0 Å². The molecule has 0 aromatic rings. The Kier molecular flexibility index (Phi) is 4.71. The smallest absolute Gasteiger partial charge is 0.310 e. The zero-order valence-electron chi connectivity index (χ0n) is 11.1. The van der Waals surface area contributed by atoms with Crippen LogP contribution in [-0.2, 0) is 19.1 Å². The van der Waals surface area contributed by atoms with Crippen molar-refractivity contribution < 1.29 is 19.1 Å². The first kappa shape index (κ1) is 14.5. The largest absolute Gasteiger partial charge is 0.466 e. The van der Waals surface area contributed by atoms with Gasteiger partial charge in [-0.15, -0.1) is 0 Å². The lowest BCUT2D eigenvalue weighted by Gasteiger charge is -2.04. The van der Waals surface area contributed by atoms with Crippen LogP contribution < -0.4 is 0 Å². The Labute approximate surface area is 107 Å². The number of hydrogen-bond acceptors (Lipinski definition) is 5. The zero-order chi connectivity index (χ0) is 13.8. The highest BCUT2D eigenvalue weighted by molar-refractivity contribution is 5.81. The second-order valence-electron chi connectivity index (χ2n) is 4.35. The first-order chi connectivity index (χ1) is 8.57. The summed E-state index contributed by atoms with van der Waals surface area (Å²) in [6, 6.07) is 2.18. The number of esters is 2. The molecule has 5 nitrogen and oxygen atoms in total. The molecule has 0 saturated heterocycles. The van der Waals surface area contributed by atoms with Crippen LogP contribution in [0.15, 0.2) is 0 Å². The number of carbonyl (C=O) groups excluding carboxylic acids is 2. The van der Waals surface area contributed by atoms with Gasteiger partial charge in [-0.2, -0.15) is 5.26 Å². The summed E-state index contributed by atoms with van der Waals surface area (Å²) in [4.78, 5) is 23.2. The highest BCUT2D eigenvalue weighted by Crippen LogP contribution is 2.62. The summed E-state index contributed by atoms with van der Waals surface area (Å²) in [7, 11) is 0. The molecule has 0 N–H and O–H groups in total. The van der Waals surface area contributed by atoms with Crippen LogP contribution in [0.3, 0.4) is 0 Å². The van der Waals surface area contributed by atoms with Crippen LogP contribution in [0.4, 0.5) is 0 Å². The van der Waals surface area contributed by atoms with Crippen molar-refractivity contribution in [3.8, 4) is 6.07 Å². The van der Waals surface area contributed by atoms with E-state index in [0.29, 0.717) is 13.0 Å². The molecule has 0 aromatic carbocycles. The molecule has 0 unspecified atom stereocenters. The quantitative estimate of drug-likeness (QED) is 0.673. The summed E-state index contributed by atoms with van der Waals surface area (Å²) < 4.78 is 9.82. The number of carbonyl (C=O) groups is 2. The average Bonchev–Trinajstić information content (AvgIpc) is 2.97. The lowest BCUT2D eigenvalue weighted by atomic mass is 10.00. The number of rotatable bonds is 6. The SMILES string of the molecule is CCOC(=O)C[C@H]1[C@H](C(=O)OCC)[C@]1(C#N)CC. The Morgan fingerprint density at radius 2 is 1.83 bits per heavy atom. The van der Waals surface area contributed by atoms with E-state index in [-0.39, 0.29) is 30.9 Å². The van der Waals surface area contributed by atoms with Gasteiger partial charge in [-0.05, 0) is 20.3 Å². The lowest BCUT2D eigenvalue weighted by molar-refractivity contribution is -0.146. The minimum Gasteiger partial charge on any atom is -0.466 e. The van der Waals surface area contributed by atoms with Crippen molar-refractivity contribution in [2.75, 3.05) is 13.2 Å². The topological polar surface area (TPSA) is 76.4 Å².